The molecular weight excluding hydrogens is 344 g/mol. The number of para-hydroxylation sites is 1. The lowest BCUT2D eigenvalue weighted by molar-refractivity contribution is 0.0140. The second-order valence-electron chi connectivity index (χ2n) is 5.73. The number of ether oxygens (including phenoxy) is 2. The van der Waals surface area contributed by atoms with Gasteiger partial charge < -0.3 is 18.8 Å². The smallest absolute Gasteiger partial charge is 0.289 e. The standard InChI is InChI=1S/C18H15ClN2O4/c1-23-14-6-2-4-11-8-15(25-16(11)14)18(22)21-9-12(10-21)24-17-13(19)5-3-7-20-17/h2-8,12H,9-10H2,1H3. The average molecular weight is 359 g/mol. The number of carbonyl (C=O) groups is 1. The van der Waals surface area contributed by atoms with Crippen LogP contribution in [0, 0.1) is 0 Å². The van der Waals surface area contributed by atoms with Gasteiger partial charge in [-0.2, -0.15) is 0 Å². The Morgan fingerprint density at radius 1 is 1.32 bits per heavy atom. The normalized spacial score (nSPS) is 14.4. The van der Waals surface area contributed by atoms with Gasteiger partial charge in [0, 0.05) is 11.6 Å². The van der Waals surface area contributed by atoms with E-state index in [1.165, 1.54) is 0 Å². The maximum absolute atomic E-state index is 12.6. The van der Waals surface area contributed by atoms with E-state index < -0.39 is 0 Å². The molecular formula is C18H15ClN2O4. The summed E-state index contributed by atoms with van der Waals surface area (Å²) in [5.74, 6) is 1.10. The van der Waals surface area contributed by atoms with Gasteiger partial charge in [-0.1, -0.05) is 23.7 Å². The zero-order chi connectivity index (χ0) is 17.4. The van der Waals surface area contributed by atoms with Crippen molar-refractivity contribution in [2.45, 2.75) is 6.10 Å². The lowest BCUT2D eigenvalue weighted by atomic mass is 10.1. The molecule has 1 amide bonds. The summed E-state index contributed by atoms with van der Waals surface area (Å²) in [5.41, 5.74) is 0.571. The number of halogens is 1. The van der Waals surface area contributed by atoms with Gasteiger partial charge in [0.05, 0.1) is 20.2 Å². The molecule has 1 fully saturated rings. The molecule has 0 aliphatic carbocycles. The lowest BCUT2D eigenvalue weighted by Crippen LogP contribution is -2.56. The van der Waals surface area contributed by atoms with E-state index >= 15 is 0 Å². The number of nitrogens with zero attached hydrogens (tertiary/aromatic N) is 2. The number of fused-ring (bicyclic) bond motifs is 1. The Labute approximate surface area is 148 Å². The molecule has 3 aromatic rings. The van der Waals surface area contributed by atoms with Crippen LogP contribution >= 0.6 is 11.6 Å². The highest BCUT2D eigenvalue weighted by Crippen LogP contribution is 2.30. The van der Waals surface area contributed by atoms with Gasteiger partial charge in [0.1, 0.15) is 11.1 Å². The number of hydrogen-bond acceptors (Lipinski definition) is 5. The molecule has 2 aromatic heterocycles. The molecule has 1 aromatic carbocycles. The van der Waals surface area contributed by atoms with Gasteiger partial charge in [0.15, 0.2) is 17.1 Å². The van der Waals surface area contributed by atoms with E-state index in [0.717, 1.165) is 5.39 Å². The third-order valence-corrected chi connectivity index (χ3v) is 4.36. The van der Waals surface area contributed by atoms with Crippen LogP contribution < -0.4 is 9.47 Å². The molecule has 0 unspecified atom stereocenters. The maximum atomic E-state index is 12.6. The fourth-order valence-electron chi connectivity index (χ4n) is 2.75. The molecule has 1 aliphatic heterocycles. The summed E-state index contributed by atoms with van der Waals surface area (Å²) in [6.45, 7) is 0.917. The number of likely N-dealkylation sites (tertiary alicyclic amines) is 1. The third-order valence-electron chi connectivity index (χ3n) is 4.08. The van der Waals surface area contributed by atoms with Crippen LogP contribution in [0.3, 0.4) is 0 Å². The summed E-state index contributed by atoms with van der Waals surface area (Å²) >= 11 is 6.02. The summed E-state index contributed by atoms with van der Waals surface area (Å²) in [6, 6.07) is 10.7. The van der Waals surface area contributed by atoms with E-state index in [4.69, 9.17) is 25.5 Å². The number of benzene rings is 1. The number of carbonyl (C=O) groups excluding carboxylic acids is 1. The molecule has 25 heavy (non-hydrogen) atoms. The van der Waals surface area contributed by atoms with Crippen LogP contribution in [-0.4, -0.2) is 42.1 Å². The summed E-state index contributed by atoms with van der Waals surface area (Å²) < 4.78 is 16.7. The van der Waals surface area contributed by atoms with Crippen molar-refractivity contribution in [1.82, 2.24) is 9.88 Å². The first-order valence-corrected chi connectivity index (χ1v) is 8.16. The highest BCUT2D eigenvalue weighted by atomic mass is 35.5. The number of furan rings is 1. The van der Waals surface area contributed by atoms with Crippen LogP contribution in [-0.2, 0) is 0 Å². The minimum Gasteiger partial charge on any atom is -0.493 e. The zero-order valence-electron chi connectivity index (χ0n) is 13.4. The molecule has 4 rings (SSSR count). The molecule has 0 N–H and O–H groups in total. The molecule has 0 bridgehead atoms. The average Bonchev–Trinajstić information content (AvgIpc) is 3.03. The zero-order valence-corrected chi connectivity index (χ0v) is 14.2. The van der Waals surface area contributed by atoms with Gasteiger partial charge in [-0.15, -0.1) is 0 Å². The molecule has 0 radical (unpaired) electrons. The number of rotatable bonds is 4. The number of pyridine rings is 1. The van der Waals surface area contributed by atoms with Gasteiger partial charge >= 0.3 is 0 Å². The van der Waals surface area contributed by atoms with Crippen molar-refractivity contribution in [1.29, 1.82) is 0 Å². The summed E-state index contributed by atoms with van der Waals surface area (Å²) in [6.07, 6.45) is 1.49. The highest BCUT2D eigenvalue weighted by molar-refractivity contribution is 6.31. The quantitative estimate of drug-likeness (QED) is 0.715. The molecule has 1 saturated heterocycles. The summed E-state index contributed by atoms with van der Waals surface area (Å²) in [5, 5.41) is 1.29. The number of aromatic nitrogens is 1. The van der Waals surface area contributed by atoms with Crippen LogP contribution in [0.2, 0.25) is 5.02 Å². The Hall–Kier alpha value is -2.73. The van der Waals surface area contributed by atoms with Crippen molar-refractivity contribution in [2.75, 3.05) is 20.2 Å². The molecule has 128 valence electrons. The molecule has 3 heterocycles. The molecule has 0 atom stereocenters. The fraction of sp³-hybridized carbons (Fsp3) is 0.222. The summed E-state index contributed by atoms with van der Waals surface area (Å²) in [4.78, 5) is 18.3. The maximum Gasteiger partial charge on any atom is 0.289 e. The van der Waals surface area contributed by atoms with Crippen LogP contribution in [0.1, 0.15) is 10.6 Å². The van der Waals surface area contributed by atoms with E-state index in [0.29, 0.717) is 35.3 Å². The third kappa shape index (κ3) is 2.89. The fourth-order valence-corrected chi connectivity index (χ4v) is 2.92. The van der Waals surface area contributed by atoms with Gasteiger partial charge in [-0.3, -0.25) is 4.79 Å². The second-order valence-corrected chi connectivity index (χ2v) is 6.14. The van der Waals surface area contributed by atoms with Crippen LogP contribution in [0.4, 0.5) is 0 Å². The Balaban J connectivity index is 1.44. The van der Waals surface area contributed by atoms with E-state index in [2.05, 4.69) is 4.98 Å². The first-order valence-electron chi connectivity index (χ1n) is 7.78. The van der Waals surface area contributed by atoms with Crippen LogP contribution in [0.25, 0.3) is 11.0 Å². The SMILES string of the molecule is COc1cccc2cc(C(=O)N3CC(Oc4ncccc4Cl)C3)oc12. The van der Waals surface area contributed by atoms with Crippen molar-refractivity contribution in [3.63, 3.8) is 0 Å². The Morgan fingerprint density at radius 3 is 2.92 bits per heavy atom. The van der Waals surface area contributed by atoms with Crippen molar-refractivity contribution in [3.8, 4) is 11.6 Å². The Morgan fingerprint density at radius 2 is 2.16 bits per heavy atom. The van der Waals surface area contributed by atoms with E-state index in [1.54, 1.807) is 42.5 Å². The monoisotopic (exact) mass is 358 g/mol. The second kappa shape index (κ2) is 6.29. The first kappa shape index (κ1) is 15.8. The topological polar surface area (TPSA) is 64.8 Å². The minimum atomic E-state index is -0.176. The highest BCUT2D eigenvalue weighted by Gasteiger charge is 2.35. The minimum absolute atomic E-state index is 0.129. The predicted octanol–water partition coefficient (Wildman–Crippen LogP) is 3.39. The Bertz CT molecular complexity index is 934. The number of methoxy groups -OCH3 is 1. The van der Waals surface area contributed by atoms with Gasteiger partial charge in [-0.25, -0.2) is 4.98 Å². The van der Waals surface area contributed by atoms with Crippen molar-refractivity contribution in [2.24, 2.45) is 0 Å². The molecule has 6 nitrogen and oxygen atoms in total. The molecule has 1 aliphatic rings. The largest absolute Gasteiger partial charge is 0.493 e. The summed E-state index contributed by atoms with van der Waals surface area (Å²) in [7, 11) is 1.57. The van der Waals surface area contributed by atoms with Crippen LogP contribution in [0.15, 0.2) is 47.0 Å². The van der Waals surface area contributed by atoms with Crippen molar-refractivity contribution < 1.29 is 18.7 Å². The number of hydrogen-bond donors (Lipinski definition) is 0. The lowest BCUT2D eigenvalue weighted by Gasteiger charge is -2.38. The van der Waals surface area contributed by atoms with Gasteiger partial charge in [0.25, 0.3) is 5.91 Å². The van der Waals surface area contributed by atoms with Crippen LogP contribution in [0.5, 0.6) is 11.6 Å². The van der Waals surface area contributed by atoms with Crippen molar-refractivity contribution >= 4 is 28.5 Å². The molecule has 0 spiro atoms. The Kier molecular flexibility index (Phi) is 3.97. The van der Waals surface area contributed by atoms with E-state index in [1.807, 2.05) is 12.1 Å². The van der Waals surface area contributed by atoms with E-state index in [-0.39, 0.29) is 17.8 Å². The first-order chi connectivity index (χ1) is 12.2. The number of amides is 1. The predicted molar refractivity (Wildman–Crippen MR) is 92.3 cm³/mol. The van der Waals surface area contributed by atoms with Crippen molar-refractivity contribution in [3.05, 3.63) is 53.4 Å². The molecule has 7 heteroatoms. The van der Waals surface area contributed by atoms with Gasteiger partial charge in [0.2, 0.25) is 5.88 Å². The van der Waals surface area contributed by atoms with Gasteiger partial charge in [-0.05, 0) is 24.3 Å². The molecule has 0 saturated carbocycles. The van der Waals surface area contributed by atoms with E-state index in [9.17, 15) is 4.79 Å².